The number of rotatable bonds is 6. The molecule has 1 aromatic carbocycles. The van der Waals surface area contributed by atoms with Crippen molar-refractivity contribution in [2.24, 2.45) is 5.92 Å². The van der Waals surface area contributed by atoms with Crippen molar-refractivity contribution in [3.63, 3.8) is 0 Å². The molecule has 0 aliphatic carbocycles. The van der Waals surface area contributed by atoms with Crippen LogP contribution >= 0.6 is 11.5 Å². The van der Waals surface area contributed by atoms with Crippen molar-refractivity contribution in [2.75, 3.05) is 25.0 Å². The zero-order valence-corrected chi connectivity index (χ0v) is 16.6. The maximum absolute atomic E-state index is 12.9. The van der Waals surface area contributed by atoms with Crippen molar-refractivity contribution in [1.29, 1.82) is 0 Å². The van der Waals surface area contributed by atoms with Crippen LogP contribution in [0.5, 0.6) is 0 Å². The third-order valence-corrected chi connectivity index (χ3v) is 5.56. The van der Waals surface area contributed by atoms with Gasteiger partial charge in [-0.05, 0) is 61.0 Å². The molecule has 3 rings (SSSR count). The first-order chi connectivity index (χ1) is 13.6. The number of carbonyl (C=O) groups is 2. The van der Waals surface area contributed by atoms with Crippen molar-refractivity contribution >= 4 is 29.2 Å². The Labute approximate surface area is 167 Å². The largest absolute Gasteiger partial charge is 0.351 e. The number of nitrogens with zero attached hydrogens (tertiary/aromatic N) is 3. The average Bonchev–Trinajstić information content (AvgIpc) is 3.17. The first kappa shape index (κ1) is 20.2. The molecule has 0 spiro atoms. The van der Waals surface area contributed by atoms with E-state index in [0.29, 0.717) is 36.1 Å². The number of aromatic nitrogens is 2. The number of piperidine rings is 1. The summed E-state index contributed by atoms with van der Waals surface area (Å²) >= 11 is 1.13. The molecule has 7 nitrogen and oxygen atoms in total. The van der Waals surface area contributed by atoms with Crippen LogP contribution in [0.4, 0.5) is 14.9 Å². The van der Waals surface area contributed by atoms with E-state index >= 15 is 0 Å². The van der Waals surface area contributed by atoms with Gasteiger partial charge >= 0.3 is 6.03 Å². The second kappa shape index (κ2) is 9.59. The van der Waals surface area contributed by atoms with Crippen molar-refractivity contribution in [1.82, 2.24) is 19.8 Å². The molecular formula is C19H24FN5O2S. The minimum Gasteiger partial charge on any atom is -0.351 e. The topological polar surface area (TPSA) is 87.2 Å². The maximum atomic E-state index is 12.9. The lowest BCUT2D eigenvalue weighted by Gasteiger charge is -2.32. The normalized spacial score (nSPS) is 14.7. The summed E-state index contributed by atoms with van der Waals surface area (Å²) in [5.74, 6) is -0.124. The molecule has 0 atom stereocenters. The van der Waals surface area contributed by atoms with E-state index in [1.807, 2.05) is 6.92 Å². The summed E-state index contributed by atoms with van der Waals surface area (Å²) in [6.07, 6.45) is 3.31. The lowest BCUT2D eigenvalue weighted by Crippen LogP contribution is -2.43. The van der Waals surface area contributed by atoms with Gasteiger partial charge in [-0.2, -0.15) is 0 Å². The van der Waals surface area contributed by atoms with Gasteiger partial charge in [0.15, 0.2) is 0 Å². The molecular weight excluding hydrogens is 381 g/mol. The predicted molar refractivity (Wildman–Crippen MR) is 106 cm³/mol. The average molecular weight is 405 g/mol. The molecule has 3 amide bonds. The van der Waals surface area contributed by atoms with Crippen LogP contribution < -0.4 is 10.6 Å². The highest BCUT2D eigenvalue weighted by Gasteiger charge is 2.24. The second-order valence-corrected chi connectivity index (χ2v) is 7.63. The fourth-order valence-corrected chi connectivity index (χ4v) is 3.80. The number of nitrogens with one attached hydrogen (secondary N) is 2. The Bertz CT molecular complexity index is 803. The highest BCUT2D eigenvalue weighted by molar-refractivity contribution is 7.08. The van der Waals surface area contributed by atoms with Gasteiger partial charge < -0.3 is 15.5 Å². The van der Waals surface area contributed by atoms with Gasteiger partial charge in [0.25, 0.3) is 5.91 Å². The van der Waals surface area contributed by atoms with Crippen molar-refractivity contribution < 1.29 is 14.0 Å². The Morgan fingerprint density at radius 3 is 2.64 bits per heavy atom. The SMILES string of the molecule is CCCc1nnsc1C(=O)NCC1CCN(C(=O)Nc2ccc(F)cc2)CC1. The Hall–Kier alpha value is -2.55. The lowest BCUT2D eigenvalue weighted by atomic mass is 9.97. The summed E-state index contributed by atoms with van der Waals surface area (Å²) in [4.78, 5) is 27.0. The molecule has 1 aliphatic rings. The first-order valence-electron chi connectivity index (χ1n) is 9.47. The summed E-state index contributed by atoms with van der Waals surface area (Å²) in [5, 5.41) is 9.78. The van der Waals surface area contributed by atoms with Gasteiger partial charge in [-0.15, -0.1) is 5.10 Å². The van der Waals surface area contributed by atoms with Gasteiger partial charge in [-0.1, -0.05) is 17.8 Å². The number of hydrogen-bond donors (Lipinski definition) is 2. The maximum Gasteiger partial charge on any atom is 0.321 e. The number of benzene rings is 1. The van der Waals surface area contributed by atoms with Gasteiger partial charge in [-0.3, -0.25) is 4.79 Å². The van der Waals surface area contributed by atoms with Crippen LogP contribution in [0.25, 0.3) is 0 Å². The molecule has 2 N–H and O–H groups in total. The zero-order valence-electron chi connectivity index (χ0n) is 15.8. The third kappa shape index (κ3) is 5.25. The van der Waals surface area contributed by atoms with Crippen LogP contribution in [-0.4, -0.2) is 46.1 Å². The zero-order chi connectivity index (χ0) is 19.9. The van der Waals surface area contributed by atoms with E-state index < -0.39 is 0 Å². The number of amides is 3. The van der Waals surface area contributed by atoms with Crippen molar-refractivity contribution in [3.05, 3.63) is 40.7 Å². The highest BCUT2D eigenvalue weighted by atomic mass is 32.1. The fraction of sp³-hybridized carbons (Fsp3) is 0.474. The molecule has 1 fully saturated rings. The molecule has 0 bridgehead atoms. The van der Waals surface area contributed by atoms with E-state index in [2.05, 4.69) is 20.2 Å². The highest BCUT2D eigenvalue weighted by Crippen LogP contribution is 2.19. The number of likely N-dealkylation sites (tertiary alicyclic amines) is 1. The molecule has 9 heteroatoms. The number of halogens is 1. The number of carbonyl (C=O) groups excluding carboxylic acids is 2. The first-order valence-corrected chi connectivity index (χ1v) is 10.2. The number of aryl methyl sites for hydroxylation is 1. The molecule has 1 saturated heterocycles. The fourth-order valence-electron chi connectivity index (χ4n) is 3.17. The van der Waals surface area contributed by atoms with Crippen LogP contribution in [0.1, 0.15) is 41.6 Å². The number of urea groups is 1. The smallest absolute Gasteiger partial charge is 0.321 e. The number of hydrogen-bond acceptors (Lipinski definition) is 5. The van der Waals surface area contributed by atoms with Gasteiger partial charge in [0.1, 0.15) is 10.7 Å². The van der Waals surface area contributed by atoms with Crippen molar-refractivity contribution in [2.45, 2.75) is 32.6 Å². The molecule has 0 unspecified atom stereocenters. The minimum atomic E-state index is -0.336. The number of anilines is 1. The van der Waals surface area contributed by atoms with E-state index in [1.165, 1.54) is 24.3 Å². The van der Waals surface area contributed by atoms with Crippen LogP contribution in [0, 0.1) is 11.7 Å². The Morgan fingerprint density at radius 1 is 1.25 bits per heavy atom. The summed E-state index contributed by atoms with van der Waals surface area (Å²) in [6, 6.07) is 5.52. The third-order valence-electron chi connectivity index (χ3n) is 4.80. The van der Waals surface area contributed by atoms with E-state index in [-0.39, 0.29) is 17.8 Å². The molecule has 1 aliphatic heterocycles. The van der Waals surface area contributed by atoms with Gasteiger partial charge in [0, 0.05) is 25.3 Å². The van der Waals surface area contributed by atoms with Crippen LogP contribution in [0.15, 0.2) is 24.3 Å². The summed E-state index contributed by atoms with van der Waals surface area (Å²) in [6.45, 7) is 3.87. The van der Waals surface area contributed by atoms with Crippen LogP contribution in [-0.2, 0) is 6.42 Å². The van der Waals surface area contributed by atoms with Crippen LogP contribution in [0.2, 0.25) is 0 Å². The monoisotopic (exact) mass is 405 g/mol. The predicted octanol–water partition coefficient (Wildman–Crippen LogP) is 3.30. The minimum absolute atomic E-state index is 0.116. The van der Waals surface area contributed by atoms with Crippen molar-refractivity contribution in [3.8, 4) is 0 Å². The Kier molecular flexibility index (Phi) is 6.91. The molecule has 2 heterocycles. The summed E-state index contributed by atoms with van der Waals surface area (Å²) in [7, 11) is 0. The molecule has 0 radical (unpaired) electrons. The quantitative estimate of drug-likeness (QED) is 0.772. The van der Waals surface area contributed by atoms with Gasteiger partial charge in [0.2, 0.25) is 0 Å². The standard InChI is InChI=1S/C19H24FN5O2S/c1-2-3-16-17(28-24-23-16)18(26)21-12-13-8-10-25(11-9-13)19(27)22-15-6-4-14(20)5-7-15/h4-7,13H,2-3,8-12H2,1H3,(H,21,26)(H,22,27). The molecule has 150 valence electrons. The van der Waals surface area contributed by atoms with Gasteiger partial charge in [-0.25, -0.2) is 9.18 Å². The Balaban J connectivity index is 1.42. The molecule has 1 aromatic heterocycles. The molecule has 0 saturated carbocycles. The van der Waals surface area contributed by atoms with E-state index in [1.54, 1.807) is 4.90 Å². The molecule has 28 heavy (non-hydrogen) atoms. The summed E-state index contributed by atoms with van der Waals surface area (Å²) < 4.78 is 16.8. The lowest BCUT2D eigenvalue weighted by molar-refractivity contribution is 0.0941. The van der Waals surface area contributed by atoms with Crippen LogP contribution in [0.3, 0.4) is 0 Å². The molecule has 2 aromatic rings. The van der Waals surface area contributed by atoms with E-state index in [4.69, 9.17) is 0 Å². The Morgan fingerprint density at radius 2 is 1.96 bits per heavy atom. The van der Waals surface area contributed by atoms with Gasteiger partial charge in [0.05, 0.1) is 5.69 Å². The second-order valence-electron chi connectivity index (χ2n) is 6.88. The van der Waals surface area contributed by atoms with E-state index in [0.717, 1.165) is 42.9 Å². The van der Waals surface area contributed by atoms with E-state index in [9.17, 15) is 14.0 Å². The summed E-state index contributed by atoms with van der Waals surface area (Å²) in [5.41, 5.74) is 1.33.